The number of aliphatic carboxylic acids is 1. The predicted octanol–water partition coefficient (Wildman–Crippen LogP) is 3.02. The minimum absolute atomic E-state index is 0.103. The molecule has 0 amide bonds. The van der Waals surface area contributed by atoms with Crippen molar-refractivity contribution in [2.24, 2.45) is 11.8 Å². The third-order valence-corrected chi connectivity index (χ3v) is 5.86. The highest BCUT2D eigenvalue weighted by molar-refractivity contribution is 9.10. The van der Waals surface area contributed by atoms with E-state index in [4.69, 9.17) is 9.47 Å². The quantitative estimate of drug-likeness (QED) is 0.328. The molecule has 0 aromatic heterocycles. The second-order valence-corrected chi connectivity index (χ2v) is 8.43. The summed E-state index contributed by atoms with van der Waals surface area (Å²) in [6.45, 7) is 4.59. The van der Waals surface area contributed by atoms with Crippen molar-refractivity contribution in [1.29, 1.82) is 0 Å². The number of aliphatic hydroxyl groups is 2. The van der Waals surface area contributed by atoms with Crippen LogP contribution in [0.4, 0.5) is 0 Å². The van der Waals surface area contributed by atoms with Crippen LogP contribution in [0.25, 0.3) is 0 Å². The van der Waals surface area contributed by atoms with Crippen LogP contribution in [0.1, 0.15) is 51.7 Å². The van der Waals surface area contributed by atoms with Crippen LogP contribution in [0.5, 0.6) is 5.75 Å². The van der Waals surface area contributed by atoms with E-state index in [-0.39, 0.29) is 17.8 Å². The number of methoxy groups -OCH3 is 1. The molecular formula is C21H31BrO8. The van der Waals surface area contributed by atoms with Gasteiger partial charge in [-0.05, 0) is 56.4 Å². The molecule has 0 saturated carbocycles. The molecule has 9 heteroatoms. The van der Waals surface area contributed by atoms with E-state index in [1.54, 1.807) is 32.2 Å². The highest BCUT2D eigenvalue weighted by Gasteiger charge is 2.33. The van der Waals surface area contributed by atoms with Crippen LogP contribution >= 0.6 is 15.9 Å². The van der Waals surface area contributed by atoms with E-state index >= 15 is 0 Å². The van der Waals surface area contributed by atoms with E-state index in [1.807, 2.05) is 0 Å². The lowest BCUT2D eigenvalue weighted by molar-refractivity contribution is -0.164. The molecule has 1 aromatic carbocycles. The van der Waals surface area contributed by atoms with Gasteiger partial charge in [0.25, 0.3) is 0 Å². The van der Waals surface area contributed by atoms with Gasteiger partial charge in [-0.1, -0.05) is 22.9 Å². The summed E-state index contributed by atoms with van der Waals surface area (Å²) >= 11 is 3.44. The van der Waals surface area contributed by atoms with Gasteiger partial charge in [-0.25, -0.2) is 0 Å². The van der Waals surface area contributed by atoms with Gasteiger partial charge in [-0.15, -0.1) is 0 Å². The molecule has 1 rings (SSSR count). The molecule has 0 spiro atoms. The van der Waals surface area contributed by atoms with Gasteiger partial charge in [-0.2, -0.15) is 0 Å². The van der Waals surface area contributed by atoms with E-state index in [2.05, 4.69) is 15.9 Å². The van der Waals surface area contributed by atoms with Crippen molar-refractivity contribution >= 4 is 27.9 Å². The first-order valence-electron chi connectivity index (χ1n) is 9.77. The maximum Gasteiger partial charge on any atom is 0.309 e. The van der Waals surface area contributed by atoms with E-state index in [0.29, 0.717) is 12.8 Å². The molecule has 0 aliphatic rings. The number of phenolic OH excluding ortho intramolecular Hbond substituents is 1. The van der Waals surface area contributed by atoms with Crippen LogP contribution in [-0.2, 0) is 19.1 Å². The molecule has 1 aromatic rings. The third kappa shape index (κ3) is 7.86. The smallest absolute Gasteiger partial charge is 0.309 e. The highest BCUT2D eigenvalue weighted by Crippen LogP contribution is 2.34. The van der Waals surface area contributed by atoms with Gasteiger partial charge in [-0.3, -0.25) is 9.59 Å². The molecule has 6 atom stereocenters. The number of phenols is 1. The third-order valence-electron chi connectivity index (χ3n) is 5.14. The number of hydrogen-bond donors (Lipinski definition) is 4. The summed E-state index contributed by atoms with van der Waals surface area (Å²) in [6.07, 6.45) is -3.11. The Morgan fingerprint density at radius 1 is 1.13 bits per heavy atom. The molecular weight excluding hydrogens is 460 g/mol. The van der Waals surface area contributed by atoms with Gasteiger partial charge in [0.05, 0.1) is 30.7 Å². The minimum atomic E-state index is -1.28. The number of esters is 1. The highest BCUT2D eigenvalue weighted by atomic mass is 79.9. The summed E-state index contributed by atoms with van der Waals surface area (Å²) in [5.41, 5.74) is 0.754. The first-order chi connectivity index (χ1) is 14.0. The van der Waals surface area contributed by atoms with Crippen molar-refractivity contribution in [2.45, 2.75) is 64.4 Å². The van der Waals surface area contributed by atoms with Crippen LogP contribution in [0.3, 0.4) is 0 Å². The van der Waals surface area contributed by atoms with E-state index < -0.39 is 42.6 Å². The fourth-order valence-corrected chi connectivity index (χ4v) is 3.65. The Kier molecular flexibility index (Phi) is 10.8. The zero-order valence-corrected chi connectivity index (χ0v) is 19.2. The number of ether oxygens (including phenoxy) is 2. The second kappa shape index (κ2) is 12.2. The van der Waals surface area contributed by atoms with Crippen molar-refractivity contribution in [1.82, 2.24) is 0 Å². The molecule has 0 bridgehead atoms. The normalized spacial score (nSPS) is 17.4. The van der Waals surface area contributed by atoms with Crippen molar-refractivity contribution < 1.29 is 39.5 Å². The van der Waals surface area contributed by atoms with Gasteiger partial charge in [0, 0.05) is 11.6 Å². The molecule has 0 aliphatic carbocycles. The van der Waals surface area contributed by atoms with Crippen molar-refractivity contribution in [3.63, 3.8) is 0 Å². The van der Waals surface area contributed by atoms with Gasteiger partial charge < -0.3 is 29.9 Å². The van der Waals surface area contributed by atoms with Crippen molar-refractivity contribution in [3.05, 3.63) is 28.2 Å². The average molecular weight is 491 g/mol. The topological polar surface area (TPSA) is 134 Å². The first kappa shape index (κ1) is 26.4. The number of aliphatic hydroxyl groups excluding tert-OH is 2. The Hall–Kier alpha value is -1.68. The van der Waals surface area contributed by atoms with E-state index in [1.165, 1.54) is 13.8 Å². The predicted molar refractivity (Wildman–Crippen MR) is 113 cm³/mol. The molecule has 30 heavy (non-hydrogen) atoms. The number of halogens is 1. The molecule has 0 unspecified atom stereocenters. The first-order valence-corrected chi connectivity index (χ1v) is 10.6. The largest absolute Gasteiger partial charge is 0.508 e. The summed E-state index contributed by atoms with van der Waals surface area (Å²) in [4.78, 5) is 23.7. The monoisotopic (exact) mass is 490 g/mol. The van der Waals surface area contributed by atoms with Crippen LogP contribution in [0, 0.1) is 11.8 Å². The maximum absolute atomic E-state index is 12.2. The van der Waals surface area contributed by atoms with Gasteiger partial charge in [0.1, 0.15) is 11.9 Å². The summed E-state index contributed by atoms with van der Waals surface area (Å²) < 4.78 is 11.7. The fraction of sp³-hybridized carbons (Fsp3) is 0.619. The zero-order chi connectivity index (χ0) is 23.0. The Morgan fingerprint density at radius 2 is 1.77 bits per heavy atom. The lowest BCUT2D eigenvalue weighted by Gasteiger charge is -2.29. The zero-order valence-electron chi connectivity index (χ0n) is 17.6. The molecule has 0 saturated heterocycles. The van der Waals surface area contributed by atoms with Crippen LogP contribution in [0.15, 0.2) is 22.7 Å². The van der Waals surface area contributed by atoms with Gasteiger partial charge >= 0.3 is 11.9 Å². The Morgan fingerprint density at radius 3 is 2.30 bits per heavy atom. The Bertz CT molecular complexity index is 708. The molecule has 0 fully saturated rings. The summed E-state index contributed by atoms with van der Waals surface area (Å²) in [5.74, 6) is -3.05. The lowest BCUT2D eigenvalue weighted by atomic mass is 9.88. The number of carboxylic acids is 1. The molecule has 170 valence electrons. The van der Waals surface area contributed by atoms with Crippen molar-refractivity contribution in [3.8, 4) is 5.75 Å². The number of hydrogen-bond acceptors (Lipinski definition) is 7. The van der Waals surface area contributed by atoms with E-state index in [9.17, 15) is 30.0 Å². The summed E-state index contributed by atoms with van der Waals surface area (Å²) in [7, 11) is 1.54. The fourth-order valence-electron chi connectivity index (χ4n) is 3.15. The molecule has 4 N–H and O–H groups in total. The number of aromatic hydroxyl groups is 1. The maximum atomic E-state index is 12.2. The molecule has 0 heterocycles. The van der Waals surface area contributed by atoms with E-state index in [0.717, 1.165) is 10.0 Å². The Labute approximate surface area is 185 Å². The SMILES string of the molecule is CO[C@H](CC[C@@H](C)[C@H](OC(=O)C[C@H](O)[C@H](C)O)[C@H](C)C(=O)O)c1cc(O)ccc1Br. The Balaban J connectivity index is 2.88. The standard InChI is InChI=1S/C21H31BrO8/c1-11(5-8-18(29-4)15-9-14(24)6-7-16(15)22)20(12(2)21(27)28)30-19(26)10-17(25)13(3)23/h6-7,9,11-13,17-18,20,23-25H,5,8,10H2,1-4H3,(H,27,28)/t11-,12+,13+,17+,18-,20+/m1/s1. The van der Waals surface area contributed by atoms with Crippen molar-refractivity contribution in [2.75, 3.05) is 7.11 Å². The average Bonchev–Trinajstić information content (AvgIpc) is 2.68. The number of benzene rings is 1. The van der Waals surface area contributed by atoms with Crippen LogP contribution < -0.4 is 0 Å². The summed E-state index contributed by atoms with van der Waals surface area (Å²) in [6, 6.07) is 4.86. The minimum Gasteiger partial charge on any atom is -0.508 e. The number of carbonyl (C=O) groups excluding carboxylic acids is 1. The van der Waals surface area contributed by atoms with Gasteiger partial charge in [0.2, 0.25) is 0 Å². The lowest BCUT2D eigenvalue weighted by Crippen LogP contribution is -2.37. The molecule has 0 radical (unpaired) electrons. The van der Waals surface area contributed by atoms with Crippen LogP contribution in [-0.4, -0.2) is 57.8 Å². The number of carbonyl (C=O) groups is 2. The molecule has 0 aliphatic heterocycles. The second-order valence-electron chi connectivity index (χ2n) is 7.58. The molecule has 8 nitrogen and oxygen atoms in total. The van der Waals surface area contributed by atoms with Gasteiger partial charge in [0.15, 0.2) is 0 Å². The number of carboxylic acid groups (broad SMARTS) is 1. The van der Waals surface area contributed by atoms with Crippen LogP contribution in [0.2, 0.25) is 0 Å². The summed E-state index contributed by atoms with van der Waals surface area (Å²) in [5, 5.41) is 38.2. The number of rotatable bonds is 12.